The monoisotopic (exact) mass is 421 g/mol. The molecule has 1 aromatic carbocycles. The lowest BCUT2D eigenvalue weighted by atomic mass is 9.89. The van der Waals surface area contributed by atoms with E-state index in [4.69, 9.17) is 14.3 Å². The maximum Gasteiger partial charge on any atom is 0.323 e. The average Bonchev–Trinajstić information content (AvgIpc) is 2.66. The molecule has 1 saturated heterocycles. The number of carboxylic acids is 1. The topological polar surface area (TPSA) is 109 Å². The van der Waals surface area contributed by atoms with Crippen molar-refractivity contribution in [2.45, 2.75) is 63.7 Å². The minimum Gasteiger partial charge on any atom is -0.480 e. The quantitative estimate of drug-likeness (QED) is 0.504. The van der Waals surface area contributed by atoms with Crippen molar-refractivity contribution in [2.75, 3.05) is 18.5 Å². The molecule has 9 heteroatoms. The third-order valence-corrected chi connectivity index (χ3v) is 9.57. The number of carbonyl (C=O) groups is 2. The van der Waals surface area contributed by atoms with E-state index in [1.165, 1.54) is 0 Å². The van der Waals surface area contributed by atoms with E-state index < -0.39 is 26.9 Å². The van der Waals surface area contributed by atoms with Gasteiger partial charge >= 0.3 is 12.0 Å². The molecule has 160 valence electrons. The largest absolute Gasteiger partial charge is 0.480 e. The van der Waals surface area contributed by atoms with Crippen LogP contribution in [0.15, 0.2) is 18.2 Å². The van der Waals surface area contributed by atoms with Crippen molar-refractivity contribution in [1.29, 1.82) is 0 Å². The molecule has 0 saturated carbocycles. The lowest BCUT2D eigenvalue weighted by molar-refractivity contribution is -0.135. The maximum absolute atomic E-state index is 11.6. The summed E-state index contributed by atoms with van der Waals surface area (Å²) in [6, 6.07) is 5.73. The number of rotatable bonds is 7. The van der Waals surface area contributed by atoms with Crippen LogP contribution in [0.4, 0.5) is 10.5 Å². The Morgan fingerprint density at radius 2 is 2.10 bits per heavy atom. The lowest BCUT2D eigenvalue weighted by Crippen LogP contribution is -2.52. The molecule has 2 amide bonds. The third-order valence-electron chi connectivity index (χ3n) is 5.88. The Hall–Kier alpha value is -2.10. The summed E-state index contributed by atoms with van der Waals surface area (Å²) in [5, 5.41) is 17.2. The molecule has 2 heterocycles. The molecule has 0 aromatic heterocycles. The number of carboxylic acid groups (broad SMARTS) is 1. The van der Waals surface area contributed by atoms with Gasteiger partial charge in [0.1, 0.15) is 6.54 Å². The SMILES string of the molecule is CC(C)[Si](C)(C)O[C@@H]1CO[C@H]2C[C@H]1Nc1ccc(CNC(=O)NCC(=O)O)cc12. The fourth-order valence-corrected chi connectivity index (χ4v) is 4.79. The van der Waals surface area contributed by atoms with Crippen LogP contribution >= 0.6 is 0 Å². The van der Waals surface area contributed by atoms with Crippen molar-refractivity contribution in [3.63, 3.8) is 0 Å². The predicted octanol–water partition coefficient (Wildman–Crippen LogP) is 2.83. The molecule has 0 unspecified atom stereocenters. The standard InChI is InChI=1S/C20H31N3O5Si/c1-12(2)29(3,4)28-18-11-27-17-8-16(18)23-15-6-5-13(7-14(15)17)9-21-20(26)22-10-19(24)25/h5-7,12,16-18,23H,8-11H2,1-4H3,(H,24,25)(H2,21,22,26)/t16-,17+,18-/m1/s1. The molecular weight excluding hydrogens is 390 g/mol. The molecule has 2 aliphatic rings. The summed E-state index contributed by atoms with van der Waals surface area (Å²) in [5.74, 6) is -1.08. The van der Waals surface area contributed by atoms with E-state index in [0.717, 1.165) is 23.2 Å². The lowest BCUT2D eigenvalue weighted by Gasteiger charge is -2.45. The van der Waals surface area contributed by atoms with Crippen LogP contribution < -0.4 is 16.0 Å². The number of benzene rings is 1. The van der Waals surface area contributed by atoms with Crippen LogP contribution in [0.25, 0.3) is 0 Å². The molecule has 0 spiro atoms. The van der Waals surface area contributed by atoms with Crippen molar-refractivity contribution in [2.24, 2.45) is 0 Å². The van der Waals surface area contributed by atoms with Crippen molar-refractivity contribution in [1.82, 2.24) is 10.6 Å². The Labute approximate surface area is 172 Å². The van der Waals surface area contributed by atoms with E-state index >= 15 is 0 Å². The molecule has 0 radical (unpaired) electrons. The van der Waals surface area contributed by atoms with Crippen LogP contribution in [0, 0.1) is 0 Å². The van der Waals surface area contributed by atoms with Gasteiger partial charge < -0.3 is 30.2 Å². The highest BCUT2D eigenvalue weighted by atomic mass is 28.4. The number of amides is 2. The van der Waals surface area contributed by atoms with Gasteiger partial charge in [-0.1, -0.05) is 19.9 Å². The molecule has 4 N–H and O–H groups in total. The van der Waals surface area contributed by atoms with Gasteiger partial charge in [0.05, 0.1) is 24.9 Å². The van der Waals surface area contributed by atoms with E-state index in [9.17, 15) is 9.59 Å². The highest BCUT2D eigenvalue weighted by Crippen LogP contribution is 2.41. The van der Waals surface area contributed by atoms with Gasteiger partial charge in [0, 0.05) is 24.2 Å². The molecule has 0 aliphatic carbocycles. The number of aliphatic carboxylic acids is 1. The van der Waals surface area contributed by atoms with Gasteiger partial charge in [-0.25, -0.2) is 4.79 Å². The van der Waals surface area contributed by atoms with Gasteiger partial charge in [-0.3, -0.25) is 4.79 Å². The van der Waals surface area contributed by atoms with Gasteiger partial charge in [-0.15, -0.1) is 0 Å². The fourth-order valence-electron chi connectivity index (χ4n) is 3.51. The molecule has 29 heavy (non-hydrogen) atoms. The Morgan fingerprint density at radius 1 is 1.34 bits per heavy atom. The molecule has 2 aliphatic heterocycles. The van der Waals surface area contributed by atoms with E-state index in [1.54, 1.807) is 0 Å². The Balaban J connectivity index is 1.62. The first kappa shape index (κ1) is 21.6. The van der Waals surface area contributed by atoms with Gasteiger partial charge in [0.25, 0.3) is 0 Å². The number of carbonyl (C=O) groups excluding carboxylic acids is 1. The number of hydrogen-bond donors (Lipinski definition) is 4. The second-order valence-electron chi connectivity index (χ2n) is 8.57. The van der Waals surface area contributed by atoms with Crippen LogP contribution in [-0.4, -0.2) is 50.7 Å². The number of hydrogen-bond acceptors (Lipinski definition) is 5. The van der Waals surface area contributed by atoms with Crippen LogP contribution in [0.1, 0.15) is 37.5 Å². The van der Waals surface area contributed by atoms with Gasteiger partial charge in [-0.05, 0) is 36.3 Å². The summed E-state index contributed by atoms with van der Waals surface area (Å²) in [6.07, 6.45) is 0.930. The second-order valence-corrected chi connectivity index (χ2v) is 13.2. The average molecular weight is 422 g/mol. The van der Waals surface area contributed by atoms with Gasteiger partial charge in [0.15, 0.2) is 8.32 Å². The highest BCUT2D eigenvalue weighted by Gasteiger charge is 2.41. The first-order valence-corrected chi connectivity index (χ1v) is 13.1. The summed E-state index contributed by atoms with van der Waals surface area (Å²) in [4.78, 5) is 22.1. The first-order valence-electron chi connectivity index (χ1n) is 10.1. The van der Waals surface area contributed by atoms with Crippen LogP contribution in [0.3, 0.4) is 0 Å². The minimum atomic E-state index is -1.76. The molecular formula is C20H31N3O5Si. The zero-order valence-electron chi connectivity index (χ0n) is 17.5. The smallest absolute Gasteiger partial charge is 0.323 e. The predicted molar refractivity (Wildman–Crippen MR) is 112 cm³/mol. The fraction of sp³-hybridized carbons (Fsp3) is 0.600. The van der Waals surface area contributed by atoms with Crippen LogP contribution in [0.2, 0.25) is 18.6 Å². The van der Waals surface area contributed by atoms with Crippen molar-refractivity contribution in [3.05, 3.63) is 29.3 Å². The summed E-state index contributed by atoms with van der Waals surface area (Å²) < 4.78 is 12.7. The Bertz CT molecular complexity index is 770. The molecule has 1 fully saturated rings. The maximum atomic E-state index is 11.6. The van der Waals surface area contributed by atoms with Crippen LogP contribution in [0.5, 0.6) is 0 Å². The summed E-state index contributed by atoms with van der Waals surface area (Å²) in [6.45, 7) is 9.44. The number of nitrogens with one attached hydrogen (secondary N) is 3. The van der Waals surface area contributed by atoms with E-state index in [-0.39, 0.29) is 18.2 Å². The number of urea groups is 1. The van der Waals surface area contributed by atoms with Crippen molar-refractivity contribution in [3.8, 4) is 0 Å². The second kappa shape index (κ2) is 8.72. The van der Waals surface area contributed by atoms with Crippen molar-refractivity contribution >= 4 is 26.0 Å². The van der Waals surface area contributed by atoms with E-state index in [2.05, 4.69) is 42.9 Å². The molecule has 8 nitrogen and oxygen atoms in total. The summed E-state index contributed by atoms with van der Waals surface area (Å²) in [5.41, 5.74) is 3.61. The number of fused-ring (bicyclic) bond motifs is 4. The minimum absolute atomic E-state index is 0.0146. The van der Waals surface area contributed by atoms with Crippen LogP contribution in [-0.2, 0) is 20.5 Å². The molecule has 2 bridgehead atoms. The van der Waals surface area contributed by atoms with E-state index in [1.807, 2.05) is 18.2 Å². The van der Waals surface area contributed by atoms with Crippen molar-refractivity contribution < 1.29 is 23.9 Å². The normalized spacial score (nSPS) is 23.1. The Kier molecular flexibility index (Phi) is 6.50. The molecule has 3 atom stereocenters. The van der Waals surface area contributed by atoms with Gasteiger partial charge in [-0.2, -0.15) is 0 Å². The highest BCUT2D eigenvalue weighted by molar-refractivity contribution is 6.72. The zero-order valence-corrected chi connectivity index (χ0v) is 18.5. The third kappa shape index (κ3) is 5.29. The van der Waals surface area contributed by atoms with E-state index in [0.29, 0.717) is 18.7 Å². The van der Waals surface area contributed by atoms with Gasteiger partial charge in [0.2, 0.25) is 0 Å². The summed E-state index contributed by atoms with van der Waals surface area (Å²) in [7, 11) is -1.76. The first-order chi connectivity index (χ1) is 13.7. The number of ether oxygens (including phenoxy) is 1. The summed E-state index contributed by atoms with van der Waals surface area (Å²) >= 11 is 0. The molecule has 3 rings (SSSR count). The number of anilines is 1. The Morgan fingerprint density at radius 3 is 2.79 bits per heavy atom. The zero-order chi connectivity index (χ0) is 21.2. The molecule has 1 aromatic rings.